The van der Waals surface area contributed by atoms with E-state index in [1.54, 1.807) is 0 Å². The Morgan fingerprint density at radius 3 is 2.74 bits per heavy atom. The van der Waals surface area contributed by atoms with Gasteiger partial charge in [-0.2, -0.15) is 5.10 Å². The Balaban J connectivity index is 2.01. The minimum atomic E-state index is 0.333. The highest BCUT2D eigenvalue weighted by Crippen LogP contribution is 2.24. The zero-order chi connectivity index (χ0) is 13.5. The minimum absolute atomic E-state index is 0.333. The van der Waals surface area contributed by atoms with Gasteiger partial charge in [-0.05, 0) is 31.7 Å². The van der Waals surface area contributed by atoms with Crippen molar-refractivity contribution >= 4 is 11.8 Å². The number of aryl methyl sites for hydroxylation is 1. The predicted molar refractivity (Wildman–Crippen MR) is 81.5 cm³/mol. The van der Waals surface area contributed by atoms with Crippen LogP contribution in [0.4, 0.5) is 0 Å². The third-order valence-corrected chi connectivity index (χ3v) is 4.16. The Bertz CT molecular complexity index is 481. The molecule has 1 atom stereocenters. The molecule has 0 fully saturated rings. The molecule has 102 valence electrons. The zero-order valence-corrected chi connectivity index (χ0v) is 12.4. The summed E-state index contributed by atoms with van der Waals surface area (Å²) in [5, 5.41) is 7.79. The van der Waals surface area contributed by atoms with Crippen LogP contribution in [0.15, 0.2) is 47.5 Å². The van der Waals surface area contributed by atoms with Gasteiger partial charge in [0.15, 0.2) is 0 Å². The summed E-state index contributed by atoms with van der Waals surface area (Å²) in [7, 11) is 2.01. The van der Waals surface area contributed by atoms with E-state index in [0.717, 1.165) is 18.7 Å². The van der Waals surface area contributed by atoms with Crippen LogP contribution in [0.25, 0.3) is 0 Å². The fourth-order valence-electron chi connectivity index (χ4n) is 2.05. The van der Waals surface area contributed by atoms with Crippen molar-refractivity contribution in [2.75, 3.05) is 12.8 Å². The second kappa shape index (κ2) is 7.36. The number of rotatable bonds is 7. The van der Waals surface area contributed by atoms with E-state index in [-0.39, 0.29) is 0 Å². The number of hydrogen-bond acceptors (Lipinski definition) is 3. The van der Waals surface area contributed by atoms with E-state index in [9.17, 15) is 0 Å². The highest BCUT2D eigenvalue weighted by atomic mass is 32.2. The summed E-state index contributed by atoms with van der Waals surface area (Å²) in [6, 6.07) is 13.0. The lowest BCUT2D eigenvalue weighted by Crippen LogP contribution is -2.22. The molecule has 4 heteroatoms. The Morgan fingerprint density at radius 2 is 2.05 bits per heavy atom. The van der Waals surface area contributed by atoms with Gasteiger partial charge in [-0.15, -0.1) is 11.8 Å². The lowest BCUT2D eigenvalue weighted by molar-refractivity contribution is 0.524. The van der Waals surface area contributed by atoms with Crippen molar-refractivity contribution in [3.8, 4) is 0 Å². The van der Waals surface area contributed by atoms with Gasteiger partial charge in [0.1, 0.15) is 0 Å². The van der Waals surface area contributed by atoms with Gasteiger partial charge in [-0.25, -0.2) is 0 Å². The van der Waals surface area contributed by atoms with Crippen molar-refractivity contribution in [3.63, 3.8) is 0 Å². The van der Waals surface area contributed by atoms with Gasteiger partial charge < -0.3 is 5.32 Å². The molecular formula is C15H21N3S. The Labute approximate surface area is 119 Å². The first-order valence-electron chi connectivity index (χ1n) is 6.72. The molecule has 0 radical (unpaired) electrons. The van der Waals surface area contributed by atoms with Crippen LogP contribution in [0.5, 0.6) is 0 Å². The van der Waals surface area contributed by atoms with Gasteiger partial charge in [0.25, 0.3) is 0 Å². The Morgan fingerprint density at radius 1 is 1.26 bits per heavy atom. The molecule has 1 aromatic heterocycles. The van der Waals surface area contributed by atoms with E-state index in [0.29, 0.717) is 6.04 Å². The molecule has 0 aliphatic carbocycles. The minimum Gasteiger partial charge on any atom is -0.311 e. The third-order valence-electron chi connectivity index (χ3n) is 3.05. The fraction of sp³-hybridized carbons (Fsp3) is 0.400. The second-order valence-corrected chi connectivity index (χ2v) is 5.54. The van der Waals surface area contributed by atoms with E-state index >= 15 is 0 Å². The van der Waals surface area contributed by atoms with Crippen LogP contribution in [-0.2, 0) is 6.54 Å². The van der Waals surface area contributed by atoms with Crippen molar-refractivity contribution in [2.24, 2.45) is 0 Å². The molecule has 2 rings (SSSR count). The maximum atomic E-state index is 4.40. The normalized spacial score (nSPS) is 12.5. The average Bonchev–Trinajstić information content (AvgIpc) is 2.90. The topological polar surface area (TPSA) is 29.9 Å². The standard InChI is InChI=1S/C15H21N3S/c1-3-11-18-15(9-10-17-18)14(16-2)12-19-13-7-5-4-6-8-13/h4-10,14,16H,3,11-12H2,1-2H3. The lowest BCUT2D eigenvalue weighted by atomic mass is 10.2. The molecule has 1 N–H and O–H groups in total. The number of nitrogens with zero attached hydrogens (tertiary/aromatic N) is 2. The molecule has 0 bridgehead atoms. The Kier molecular flexibility index (Phi) is 5.48. The average molecular weight is 275 g/mol. The first-order chi connectivity index (χ1) is 9.35. The molecule has 1 unspecified atom stereocenters. The third kappa shape index (κ3) is 3.85. The number of benzene rings is 1. The van der Waals surface area contributed by atoms with Crippen molar-refractivity contribution in [1.82, 2.24) is 15.1 Å². The van der Waals surface area contributed by atoms with E-state index < -0.39 is 0 Å². The maximum Gasteiger partial charge on any atom is 0.0584 e. The molecule has 0 saturated heterocycles. The van der Waals surface area contributed by atoms with Gasteiger partial charge in [0, 0.05) is 23.4 Å². The van der Waals surface area contributed by atoms with Crippen LogP contribution in [0.3, 0.4) is 0 Å². The summed E-state index contributed by atoms with van der Waals surface area (Å²) in [6.07, 6.45) is 3.00. The van der Waals surface area contributed by atoms with E-state index in [2.05, 4.69) is 58.4 Å². The monoisotopic (exact) mass is 275 g/mol. The molecule has 3 nitrogen and oxygen atoms in total. The molecule has 1 aromatic carbocycles. The quantitative estimate of drug-likeness (QED) is 0.786. The first-order valence-corrected chi connectivity index (χ1v) is 7.70. The van der Waals surface area contributed by atoms with Crippen LogP contribution >= 0.6 is 11.8 Å². The van der Waals surface area contributed by atoms with E-state index in [4.69, 9.17) is 0 Å². The smallest absolute Gasteiger partial charge is 0.0584 e. The second-order valence-electron chi connectivity index (χ2n) is 4.44. The molecule has 0 aliphatic heterocycles. The van der Waals surface area contributed by atoms with Crippen molar-refractivity contribution in [1.29, 1.82) is 0 Å². The summed E-state index contributed by atoms with van der Waals surface area (Å²) in [5.74, 6) is 1.01. The van der Waals surface area contributed by atoms with Crippen LogP contribution in [-0.4, -0.2) is 22.6 Å². The van der Waals surface area contributed by atoms with Crippen LogP contribution in [0, 0.1) is 0 Å². The van der Waals surface area contributed by atoms with Gasteiger partial charge >= 0.3 is 0 Å². The predicted octanol–water partition coefficient (Wildman–Crippen LogP) is 3.35. The number of aromatic nitrogens is 2. The Hall–Kier alpha value is -1.26. The molecule has 0 aliphatic rings. The van der Waals surface area contributed by atoms with Crippen molar-refractivity contribution in [3.05, 3.63) is 48.3 Å². The zero-order valence-electron chi connectivity index (χ0n) is 11.5. The summed E-state index contributed by atoms with van der Waals surface area (Å²) in [4.78, 5) is 1.31. The van der Waals surface area contributed by atoms with E-state index in [1.165, 1.54) is 10.6 Å². The summed E-state index contributed by atoms with van der Waals surface area (Å²) >= 11 is 1.87. The number of hydrogen-bond donors (Lipinski definition) is 1. The van der Waals surface area contributed by atoms with Gasteiger partial charge in [-0.1, -0.05) is 25.1 Å². The number of thioether (sulfide) groups is 1. The van der Waals surface area contributed by atoms with E-state index in [1.807, 2.05) is 25.0 Å². The fourth-order valence-corrected chi connectivity index (χ4v) is 3.10. The van der Waals surface area contributed by atoms with Gasteiger partial charge in [0.05, 0.1) is 11.7 Å². The molecule has 19 heavy (non-hydrogen) atoms. The molecule has 0 amide bonds. The SMILES string of the molecule is CCCn1nccc1C(CSc1ccccc1)NC. The van der Waals surface area contributed by atoms with Crippen LogP contribution in [0.1, 0.15) is 25.1 Å². The summed E-state index contributed by atoms with van der Waals surface area (Å²) in [6.45, 7) is 3.16. The summed E-state index contributed by atoms with van der Waals surface area (Å²) < 4.78 is 2.10. The first kappa shape index (κ1) is 14.2. The highest BCUT2D eigenvalue weighted by molar-refractivity contribution is 7.99. The van der Waals surface area contributed by atoms with Crippen molar-refractivity contribution in [2.45, 2.75) is 30.8 Å². The van der Waals surface area contributed by atoms with Crippen LogP contribution in [0.2, 0.25) is 0 Å². The lowest BCUT2D eigenvalue weighted by Gasteiger charge is -2.17. The maximum absolute atomic E-state index is 4.40. The highest BCUT2D eigenvalue weighted by Gasteiger charge is 2.14. The van der Waals surface area contributed by atoms with Crippen LogP contribution < -0.4 is 5.32 Å². The van der Waals surface area contributed by atoms with Gasteiger partial charge in [-0.3, -0.25) is 4.68 Å². The molecule has 2 aromatic rings. The molecule has 0 spiro atoms. The molecule has 1 heterocycles. The molecular weight excluding hydrogens is 254 g/mol. The van der Waals surface area contributed by atoms with Crippen molar-refractivity contribution < 1.29 is 0 Å². The molecule has 0 saturated carbocycles. The van der Waals surface area contributed by atoms with Gasteiger partial charge in [0.2, 0.25) is 0 Å². The number of nitrogens with one attached hydrogen (secondary N) is 1. The summed E-state index contributed by atoms with van der Waals surface area (Å²) in [5.41, 5.74) is 1.27. The largest absolute Gasteiger partial charge is 0.311 e.